The molecule has 2 aromatic heterocycles. The van der Waals surface area contributed by atoms with E-state index in [2.05, 4.69) is 28.1 Å². The van der Waals surface area contributed by atoms with E-state index in [1.54, 1.807) is 7.05 Å². The minimum absolute atomic E-state index is 0.365. The molecule has 0 spiro atoms. The molecule has 2 aromatic carbocycles. The maximum Gasteiger partial charge on any atom is 0.329 e. The highest BCUT2D eigenvalue weighted by molar-refractivity contribution is 6.31. The standard InChI is InChI=1S/C22H20ClN5O2/c1-26-19-18(20(29)25-22(26)30)28(13-16-8-4-5-9-17(16)23)21(24-19)27-11-10-14-6-2-3-7-15(14)12-27/h2-9H,10-13H2,1H3,(H,25,29,30). The van der Waals surface area contributed by atoms with E-state index in [1.807, 2.05) is 34.9 Å². The van der Waals surface area contributed by atoms with Crippen molar-refractivity contribution in [3.63, 3.8) is 0 Å². The Kier molecular flexibility index (Phi) is 4.47. The van der Waals surface area contributed by atoms with Crippen LogP contribution in [0.3, 0.4) is 0 Å². The number of nitrogens with one attached hydrogen (secondary N) is 1. The summed E-state index contributed by atoms with van der Waals surface area (Å²) >= 11 is 6.41. The molecule has 0 saturated heterocycles. The molecular weight excluding hydrogens is 402 g/mol. The predicted molar refractivity (Wildman–Crippen MR) is 117 cm³/mol. The summed E-state index contributed by atoms with van der Waals surface area (Å²) in [6, 6.07) is 15.9. The number of imidazole rings is 1. The van der Waals surface area contributed by atoms with Crippen LogP contribution in [0.2, 0.25) is 5.02 Å². The maximum absolute atomic E-state index is 12.8. The van der Waals surface area contributed by atoms with Gasteiger partial charge in [-0.25, -0.2) is 4.79 Å². The minimum Gasteiger partial charge on any atom is -0.337 e. The molecular formula is C22H20ClN5O2. The summed E-state index contributed by atoms with van der Waals surface area (Å²) in [5.74, 6) is 0.658. The zero-order valence-corrected chi connectivity index (χ0v) is 17.2. The summed E-state index contributed by atoms with van der Waals surface area (Å²) in [6.45, 7) is 1.84. The number of halogens is 1. The quantitative estimate of drug-likeness (QED) is 0.552. The van der Waals surface area contributed by atoms with Gasteiger partial charge in [0.05, 0.1) is 6.54 Å². The fraction of sp³-hybridized carbons (Fsp3) is 0.227. The Morgan fingerprint density at radius 3 is 2.60 bits per heavy atom. The lowest BCUT2D eigenvalue weighted by Crippen LogP contribution is -2.33. The molecule has 0 unspecified atom stereocenters. The number of fused-ring (bicyclic) bond motifs is 2. The third-order valence-electron chi connectivity index (χ3n) is 5.69. The molecule has 0 fully saturated rings. The van der Waals surface area contributed by atoms with Gasteiger partial charge in [-0.05, 0) is 29.2 Å². The Hall–Kier alpha value is -3.32. The van der Waals surface area contributed by atoms with Crippen LogP contribution >= 0.6 is 11.6 Å². The zero-order chi connectivity index (χ0) is 20.8. The summed E-state index contributed by atoms with van der Waals surface area (Å²) in [5, 5.41) is 0.621. The first kappa shape index (κ1) is 18.7. The van der Waals surface area contributed by atoms with E-state index in [0.29, 0.717) is 35.2 Å². The summed E-state index contributed by atoms with van der Waals surface area (Å²) < 4.78 is 3.24. The third-order valence-corrected chi connectivity index (χ3v) is 6.06. The van der Waals surface area contributed by atoms with E-state index in [9.17, 15) is 9.59 Å². The van der Waals surface area contributed by atoms with Crippen LogP contribution in [0.5, 0.6) is 0 Å². The summed E-state index contributed by atoms with van der Waals surface area (Å²) in [7, 11) is 1.61. The van der Waals surface area contributed by atoms with E-state index in [-0.39, 0.29) is 0 Å². The molecule has 5 rings (SSSR count). The van der Waals surface area contributed by atoms with E-state index in [1.165, 1.54) is 15.7 Å². The van der Waals surface area contributed by atoms with Crippen LogP contribution < -0.4 is 16.1 Å². The van der Waals surface area contributed by atoms with Gasteiger partial charge >= 0.3 is 5.69 Å². The second-order valence-electron chi connectivity index (χ2n) is 7.52. The summed E-state index contributed by atoms with van der Waals surface area (Å²) in [6.07, 6.45) is 0.890. The largest absolute Gasteiger partial charge is 0.337 e. The molecule has 0 atom stereocenters. The van der Waals surface area contributed by atoms with Crippen LogP contribution in [0.25, 0.3) is 11.2 Å². The third kappa shape index (κ3) is 3.02. The number of hydrogen-bond acceptors (Lipinski definition) is 4. The number of hydrogen-bond donors (Lipinski definition) is 1. The molecule has 152 valence electrons. The molecule has 1 aliphatic rings. The molecule has 7 nitrogen and oxygen atoms in total. The van der Waals surface area contributed by atoms with Crippen molar-refractivity contribution in [1.29, 1.82) is 0 Å². The average Bonchev–Trinajstić information content (AvgIpc) is 3.13. The van der Waals surface area contributed by atoms with Gasteiger partial charge in [0.2, 0.25) is 5.95 Å². The number of H-pyrrole nitrogens is 1. The molecule has 0 bridgehead atoms. The van der Waals surface area contributed by atoms with Crippen molar-refractivity contribution in [2.75, 3.05) is 11.4 Å². The highest BCUT2D eigenvalue weighted by Crippen LogP contribution is 2.28. The van der Waals surface area contributed by atoms with Gasteiger partial charge in [-0.1, -0.05) is 54.1 Å². The molecule has 30 heavy (non-hydrogen) atoms. The Morgan fingerprint density at radius 1 is 1.07 bits per heavy atom. The first-order valence-corrected chi connectivity index (χ1v) is 10.2. The van der Waals surface area contributed by atoms with Gasteiger partial charge in [0.1, 0.15) is 0 Å². The topological polar surface area (TPSA) is 75.9 Å². The Bertz CT molecular complexity index is 1380. The molecule has 4 aromatic rings. The number of anilines is 1. The molecule has 1 aliphatic heterocycles. The van der Waals surface area contributed by atoms with Crippen molar-refractivity contribution in [2.24, 2.45) is 7.05 Å². The van der Waals surface area contributed by atoms with E-state index < -0.39 is 11.2 Å². The van der Waals surface area contributed by atoms with E-state index >= 15 is 0 Å². The van der Waals surface area contributed by atoms with Crippen LogP contribution in [-0.4, -0.2) is 25.6 Å². The van der Waals surface area contributed by atoms with E-state index in [0.717, 1.165) is 18.5 Å². The second-order valence-corrected chi connectivity index (χ2v) is 7.93. The average molecular weight is 422 g/mol. The molecule has 1 N–H and O–H groups in total. The SMILES string of the molecule is Cn1c(=O)[nH]c(=O)c2c1nc(N1CCc3ccccc3C1)n2Cc1ccccc1Cl. The lowest BCUT2D eigenvalue weighted by molar-refractivity contribution is 0.677. The molecule has 0 radical (unpaired) electrons. The van der Waals surface area contributed by atoms with Crippen molar-refractivity contribution in [1.82, 2.24) is 19.1 Å². The molecule has 0 amide bonds. The molecule has 0 aliphatic carbocycles. The van der Waals surface area contributed by atoms with Crippen molar-refractivity contribution in [3.8, 4) is 0 Å². The van der Waals surface area contributed by atoms with Crippen LogP contribution in [-0.2, 0) is 26.6 Å². The lowest BCUT2D eigenvalue weighted by atomic mass is 10.0. The van der Waals surface area contributed by atoms with Crippen molar-refractivity contribution >= 4 is 28.7 Å². The number of nitrogens with zero attached hydrogens (tertiary/aromatic N) is 4. The fourth-order valence-electron chi connectivity index (χ4n) is 4.08. The highest BCUT2D eigenvalue weighted by Gasteiger charge is 2.25. The maximum atomic E-state index is 12.8. The van der Waals surface area contributed by atoms with Crippen LogP contribution in [0.4, 0.5) is 5.95 Å². The lowest BCUT2D eigenvalue weighted by Gasteiger charge is -2.30. The fourth-order valence-corrected chi connectivity index (χ4v) is 4.27. The second kappa shape index (κ2) is 7.18. The minimum atomic E-state index is -0.481. The van der Waals surface area contributed by atoms with Gasteiger partial charge in [-0.3, -0.25) is 18.9 Å². The molecule has 3 heterocycles. The normalized spacial score (nSPS) is 13.6. The summed E-state index contributed by atoms with van der Waals surface area (Å²) in [4.78, 5) is 34.2. The highest BCUT2D eigenvalue weighted by atomic mass is 35.5. The van der Waals surface area contributed by atoms with Crippen LogP contribution in [0.1, 0.15) is 16.7 Å². The Balaban J connectivity index is 1.70. The summed E-state index contributed by atoms with van der Waals surface area (Å²) in [5.41, 5.74) is 3.25. The van der Waals surface area contributed by atoms with Crippen molar-refractivity contribution in [3.05, 3.63) is 91.1 Å². The predicted octanol–water partition coefficient (Wildman–Crippen LogP) is 2.69. The van der Waals surface area contributed by atoms with Gasteiger partial charge in [-0.15, -0.1) is 0 Å². The van der Waals surface area contributed by atoms with Gasteiger partial charge in [0.25, 0.3) is 5.56 Å². The zero-order valence-electron chi connectivity index (χ0n) is 16.4. The van der Waals surface area contributed by atoms with Crippen LogP contribution in [0, 0.1) is 0 Å². The van der Waals surface area contributed by atoms with Gasteiger partial charge in [0, 0.05) is 25.2 Å². The monoisotopic (exact) mass is 421 g/mol. The van der Waals surface area contributed by atoms with Crippen molar-refractivity contribution < 1.29 is 0 Å². The molecule has 0 saturated carbocycles. The smallest absolute Gasteiger partial charge is 0.329 e. The van der Waals surface area contributed by atoms with Crippen molar-refractivity contribution in [2.45, 2.75) is 19.5 Å². The number of aromatic amines is 1. The first-order valence-electron chi connectivity index (χ1n) is 9.77. The number of aromatic nitrogens is 4. The van der Waals surface area contributed by atoms with Gasteiger partial charge in [0.15, 0.2) is 11.2 Å². The first-order chi connectivity index (χ1) is 14.5. The Morgan fingerprint density at radius 2 is 1.80 bits per heavy atom. The number of aryl methyl sites for hydroxylation is 1. The number of rotatable bonds is 3. The van der Waals surface area contributed by atoms with E-state index in [4.69, 9.17) is 16.6 Å². The molecule has 8 heteroatoms. The van der Waals surface area contributed by atoms with Gasteiger partial charge in [-0.2, -0.15) is 4.98 Å². The van der Waals surface area contributed by atoms with Crippen LogP contribution in [0.15, 0.2) is 58.1 Å². The number of benzene rings is 2. The Labute approximate surface area is 177 Å². The van der Waals surface area contributed by atoms with Gasteiger partial charge < -0.3 is 4.90 Å².